The maximum absolute atomic E-state index is 12.3. The Morgan fingerprint density at radius 1 is 0.903 bits per heavy atom. The number of carbonyl (C=O) groups is 2. The third-order valence-corrected chi connectivity index (χ3v) is 5.57. The van der Waals surface area contributed by atoms with E-state index in [1.165, 1.54) is 11.3 Å². The molecule has 4 rings (SSSR count). The highest BCUT2D eigenvalue weighted by Crippen LogP contribution is 2.22. The molecule has 2 N–H and O–H groups in total. The third-order valence-electron chi connectivity index (χ3n) is 4.70. The molecule has 0 atom stereocenters. The number of nitrogens with one attached hydrogen (secondary N) is 2. The molecular formula is C24H22N4O2S. The summed E-state index contributed by atoms with van der Waals surface area (Å²) in [5, 5.41) is 12.1. The Bertz CT molecular complexity index is 1140. The van der Waals surface area contributed by atoms with Crippen molar-refractivity contribution in [2.45, 2.75) is 13.1 Å². The Labute approximate surface area is 184 Å². The van der Waals surface area contributed by atoms with Gasteiger partial charge in [-0.1, -0.05) is 66.7 Å². The molecule has 2 aromatic carbocycles. The highest BCUT2D eigenvalue weighted by Gasteiger charge is 2.14. The molecule has 0 bridgehead atoms. The number of carbonyl (C=O) groups excluding carboxylic acids is 2. The molecule has 2 aromatic heterocycles. The van der Waals surface area contributed by atoms with Crippen LogP contribution < -0.4 is 10.6 Å². The van der Waals surface area contributed by atoms with Gasteiger partial charge in [0.2, 0.25) is 5.91 Å². The molecule has 0 fully saturated rings. The molecule has 0 saturated heterocycles. The van der Waals surface area contributed by atoms with Gasteiger partial charge in [-0.25, -0.2) is 0 Å². The second-order valence-corrected chi connectivity index (χ2v) is 7.94. The van der Waals surface area contributed by atoms with Crippen LogP contribution in [0.1, 0.15) is 20.8 Å². The van der Waals surface area contributed by atoms with Gasteiger partial charge in [-0.3, -0.25) is 14.3 Å². The van der Waals surface area contributed by atoms with Crippen LogP contribution in [0.4, 0.5) is 0 Å². The monoisotopic (exact) mass is 430 g/mol. The van der Waals surface area contributed by atoms with Crippen molar-refractivity contribution in [3.05, 3.63) is 100 Å². The van der Waals surface area contributed by atoms with E-state index in [2.05, 4.69) is 22.8 Å². The van der Waals surface area contributed by atoms with Crippen LogP contribution >= 0.6 is 11.3 Å². The number of rotatable bonds is 8. The minimum absolute atomic E-state index is 0.0739. The zero-order valence-corrected chi connectivity index (χ0v) is 17.6. The first-order valence-electron chi connectivity index (χ1n) is 9.93. The zero-order valence-electron chi connectivity index (χ0n) is 16.8. The van der Waals surface area contributed by atoms with E-state index in [9.17, 15) is 9.59 Å². The topological polar surface area (TPSA) is 76.0 Å². The minimum Gasteiger partial charge on any atom is -0.350 e. The summed E-state index contributed by atoms with van der Waals surface area (Å²) in [6, 6.07) is 23.5. The van der Waals surface area contributed by atoms with E-state index in [1.54, 1.807) is 12.1 Å². The second kappa shape index (κ2) is 9.86. The van der Waals surface area contributed by atoms with Crippen molar-refractivity contribution in [1.82, 2.24) is 20.4 Å². The van der Waals surface area contributed by atoms with Crippen molar-refractivity contribution >= 4 is 23.2 Å². The van der Waals surface area contributed by atoms with E-state index >= 15 is 0 Å². The number of hydrogen-bond donors (Lipinski definition) is 2. The van der Waals surface area contributed by atoms with Gasteiger partial charge in [0.15, 0.2) is 0 Å². The number of aromatic nitrogens is 2. The van der Waals surface area contributed by atoms with Crippen LogP contribution in [0.5, 0.6) is 0 Å². The molecule has 0 aliphatic heterocycles. The molecule has 0 saturated carbocycles. The van der Waals surface area contributed by atoms with Gasteiger partial charge < -0.3 is 10.6 Å². The lowest BCUT2D eigenvalue weighted by Gasteiger charge is -2.07. The summed E-state index contributed by atoms with van der Waals surface area (Å²) in [4.78, 5) is 24.9. The van der Waals surface area contributed by atoms with Crippen LogP contribution in [0, 0.1) is 0 Å². The fourth-order valence-electron chi connectivity index (χ4n) is 3.19. The molecular weight excluding hydrogens is 408 g/mol. The van der Waals surface area contributed by atoms with Crippen LogP contribution in [0.2, 0.25) is 0 Å². The van der Waals surface area contributed by atoms with Gasteiger partial charge in [0.1, 0.15) is 0 Å². The minimum atomic E-state index is -0.250. The van der Waals surface area contributed by atoms with E-state index in [0.29, 0.717) is 18.0 Å². The van der Waals surface area contributed by atoms with Crippen LogP contribution in [-0.4, -0.2) is 28.1 Å². The third kappa shape index (κ3) is 5.46. The van der Waals surface area contributed by atoms with Gasteiger partial charge in [0, 0.05) is 23.9 Å². The van der Waals surface area contributed by atoms with Crippen LogP contribution in [0.25, 0.3) is 11.3 Å². The normalized spacial score (nSPS) is 10.6. The van der Waals surface area contributed by atoms with Crippen LogP contribution in [-0.2, 0) is 17.9 Å². The highest BCUT2D eigenvalue weighted by atomic mass is 32.1. The van der Waals surface area contributed by atoms with E-state index < -0.39 is 0 Å². The Kier molecular flexibility index (Phi) is 6.54. The lowest BCUT2D eigenvalue weighted by atomic mass is 10.1. The Morgan fingerprint density at radius 2 is 1.65 bits per heavy atom. The quantitative estimate of drug-likeness (QED) is 0.447. The van der Waals surface area contributed by atoms with Crippen molar-refractivity contribution in [3.63, 3.8) is 0 Å². The molecule has 0 aliphatic carbocycles. The van der Waals surface area contributed by atoms with Crippen molar-refractivity contribution in [2.24, 2.45) is 0 Å². The lowest BCUT2D eigenvalue weighted by Crippen LogP contribution is -2.36. The largest absolute Gasteiger partial charge is 0.350 e. The van der Waals surface area contributed by atoms with Crippen molar-refractivity contribution in [2.75, 3.05) is 6.54 Å². The fraction of sp³-hybridized carbons (Fsp3) is 0.125. The first-order chi connectivity index (χ1) is 15.2. The molecule has 156 valence electrons. The van der Waals surface area contributed by atoms with E-state index in [-0.39, 0.29) is 18.4 Å². The zero-order chi connectivity index (χ0) is 21.5. The number of thiophene rings is 1. The molecule has 0 spiro atoms. The molecule has 4 aromatic rings. The van der Waals surface area contributed by atoms with E-state index in [0.717, 1.165) is 22.4 Å². The predicted molar refractivity (Wildman–Crippen MR) is 122 cm³/mol. The summed E-state index contributed by atoms with van der Waals surface area (Å²) in [6.07, 6.45) is 1.96. The lowest BCUT2D eigenvalue weighted by molar-refractivity contribution is -0.120. The fourth-order valence-corrected chi connectivity index (χ4v) is 3.83. The summed E-state index contributed by atoms with van der Waals surface area (Å²) in [5.41, 5.74) is 3.89. The molecule has 31 heavy (non-hydrogen) atoms. The number of benzene rings is 2. The number of nitrogens with zero attached hydrogens (tertiary/aromatic N) is 2. The second-order valence-electron chi connectivity index (χ2n) is 6.99. The van der Waals surface area contributed by atoms with Gasteiger partial charge >= 0.3 is 0 Å². The standard InChI is InChI=1S/C24H22N4O2S/c29-22(15-26-24(30)21-12-7-13-31-21)25-14-20-17-28(16-18-8-3-1-4-9-18)27-23(20)19-10-5-2-6-11-19/h1-13,17H,14-16H2,(H,25,29)(H,26,30). The smallest absolute Gasteiger partial charge is 0.261 e. The summed E-state index contributed by atoms with van der Waals surface area (Å²) < 4.78 is 1.89. The Balaban J connectivity index is 1.43. The van der Waals surface area contributed by atoms with Crippen molar-refractivity contribution in [3.8, 4) is 11.3 Å². The number of hydrogen-bond acceptors (Lipinski definition) is 4. The summed E-state index contributed by atoms with van der Waals surface area (Å²) in [6.45, 7) is 0.897. The summed E-state index contributed by atoms with van der Waals surface area (Å²) in [7, 11) is 0. The molecule has 0 aliphatic rings. The average Bonchev–Trinajstić information content (AvgIpc) is 3.48. The SMILES string of the molecule is O=C(CNC(=O)c1cccs1)NCc1cn(Cc2ccccc2)nc1-c1ccccc1. The summed E-state index contributed by atoms with van der Waals surface area (Å²) >= 11 is 1.34. The number of amides is 2. The maximum Gasteiger partial charge on any atom is 0.261 e. The molecule has 7 heteroatoms. The average molecular weight is 431 g/mol. The first-order valence-corrected chi connectivity index (χ1v) is 10.8. The van der Waals surface area contributed by atoms with Gasteiger partial charge in [-0.2, -0.15) is 5.10 Å². The van der Waals surface area contributed by atoms with Gasteiger partial charge in [0.05, 0.1) is 23.7 Å². The summed E-state index contributed by atoms with van der Waals surface area (Å²) in [5.74, 6) is -0.495. The van der Waals surface area contributed by atoms with Crippen molar-refractivity contribution in [1.29, 1.82) is 0 Å². The van der Waals surface area contributed by atoms with Crippen molar-refractivity contribution < 1.29 is 9.59 Å². The van der Waals surface area contributed by atoms with E-state index in [1.807, 2.05) is 64.8 Å². The maximum atomic E-state index is 12.3. The van der Waals surface area contributed by atoms with Crippen LogP contribution in [0.15, 0.2) is 84.4 Å². The van der Waals surface area contributed by atoms with Crippen LogP contribution in [0.3, 0.4) is 0 Å². The van der Waals surface area contributed by atoms with Gasteiger partial charge in [-0.15, -0.1) is 11.3 Å². The highest BCUT2D eigenvalue weighted by molar-refractivity contribution is 7.12. The Hall–Kier alpha value is -3.71. The molecule has 2 heterocycles. The van der Waals surface area contributed by atoms with Gasteiger partial charge in [0.25, 0.3) is 5.91 Å². The predicted octanol–water partition coefficient (Wildman–Crippen LogP) is 3.71. The first kappa shape index (κ1) is 20.6. The molecule has 0 unspecified atom stereocenters. The molecule has 0 radical (unpaired) electrons. The Morgan fingerprint density at radius 3 is 2.35 bits per heavy atom. The van der Waals surface area contributed by atoms with E-state index in [4.69, 9.17) is 5.10 Å². The van der Waals surface area contributed by atoms with Gasteiger partial charge in [-0.05, 0) is 17.0 Å². The molecule has 6 nitrogen and oxygen atoms in total. The molecule has 2 amide bonds.